The molecule has 2 N–H and O–H groups in total. The Bertz CT molecular complexity index is 797. The molecular formula is C16H18O4S. The number of hydrogen-bond acceptors (Lipinski definition) is 4. The first-order valence-electron chi connectivity index (χ1n) is 6.50. The molecule has 0 fully saturated rings. The molecule has 5 heteroatoms. The summed E-state index contributed by atoms with van der Waals surface area (Å²) in [6.07, 6.45) is 0. The molecule has 0 aliphatic rings. The number of hydrogen-bond donors (Lipinski definition) is 2. The molecule has 2 aromatic carbocycles. The fraction of sp³-hybridized carbons (Fsp3) is 0.250. The molecule has 0 atom stereocenters. The smallest absolute Gasteiger partial charge is 0.207 e. The van der Waals surface area contributed by atoms with Crippen LogP contribution in [0.2, 0.25) is 0 Å². The molecule has 21 heavy (non-hydrogen) atoms. The number of phenolic OH excluding ortho intramolecular Hbond substituents is 2. The Balaban J connectivity index is 2.78. The minimum Gasteiger partial charge on any atom is -0.508 e. The summed E-state index contributed by atoms with van der Waals surface area (Å²) in [6, 6.07) is 5.93. The van der Waals surface area contributed by atoms with Crippen LogP contribution in [0.1, 0.15) is 22.3 Å². The van der Waals surface area contributed by atoms with Gasteiger partial charge in [-0.1, -0.05) is 6.07 Å². The Labute approximate surface area is 124 Å². The van der Waals surface area contributed by atoms with Crippen molar-refractivity contribution in [1.29, 1.82) is 0 Å². The summed E-state index contributed by atoms with van der Waals surface area (Å²) in [5.74, 6) is 0.0255. The topological polar surface area (TPSA) is 74.6 Å². The van der Waals surface area contributed by atoms with Crippen molar-refractivity contribution in [3.8, 4) is 11.5 Å². The van der Waals surface area contributed by atoms with Crippen LogP contribution in [0, 0.1) is 27.7 Å². The van der Waals surface area contributed by atoms with E-state index >= 15 is 0 Å². The molecule has 2 aromatic rings. The highest BCUT2D eigenvalue weighted by molar-refractivity contribution is 7.91. The molecule has 0 heterocycles. The average Bonchev–Trinajstić information content (AvgIpc) is 2.33. The first-order valence-corrected chi connectivity index (χ1v) is 7.99. The highest BCUT2D eigenvalue weighted by Gasteiger charge is 2.26. The minimum absolute atomic E-state index is 0.00911. The number of aromatic hydroxyl groups is 2. The van der Waals surface area contributed by atoms with Gasteiger partial charge in [0.1, 0.15) is 11.5 Å². The van der Waals surface area contributed by atoms with E-state index in [0.717, 1.165) is 0 Å². The van der Waals surface area contributed by atoms with Crippen LogP contribution in [0.4, 0.5) is 0 Å². The van der Waals surface area contributed by atoms with Crippen molar-refractivity contribution in [2.75, 3.05) is 0 Å². The van der Waals surface area contributed by atoms with Gasteiger partial charge in [-0.15, -0.1) is 0 Å². The molecule has 2 rings (SSSR count). The molecule has 0 amide bonds. The quantitative estimate of drug-likeness (QED) is 0.893. The lowest BCUT2D eigenvalue weighted by molar-refractivity contribution is 0.464. The maximum absolute atomic E-state index is 12.9. The number of sulfone groups is 1. The van der Waals surface area contributed by atoms with Crippen LogP contribution in [0.5, 0.6) is 11.5 Å². The van der Waals surface area contributed by atoms with Crippen molar-refractivity contribution in [3.05, 3.63) is 46.5 Å². The van der Waals surface area contributed by atoms with E-state index in [1.807, 2.05) is 0 Å². The van der Waals surface area contributed by atoms with Crippen molar-refractivity contribution in [2.45, 2.75) is 37.5 Å². The van der Waals surface area contributed by atoms with Crippen LogP contribution in [0.15, 0.2) is 34.1 Å². The first-order chi connectivity index (χ1) is 9.66. The fourth-order valence-electron chi connectivity index (χ4n) is 2.57. The number of rotatable bonds is 2. The number of benzene rings is 2. The van der Waals surface area contributed by atoms with Gasteiger partial charge in [-0.25, -0.2) is 8.42 Å². The van der Waals surface area contributed by atoms with Crippen molar-refractivity contribution >= 4 is 9.84 Å². The van der Waals surface area contributed by atoms with Crippen LogP contribution in [-0.2, 0) is 9.84 Å². The largest absolute Gasteiger partial charge is 0.508 e. The molecule has 0 spiro atoms. The zero-order chi connectivity index (χ0) is 15.9. The Hall–Kier alpha value is -2.01. The van der Waals surface area contributed by atoms with Gasteiger partial charge < -0.3 is 10.2 Å². The lowest BCUT2D eigenvalue weighted by Gasteiger charge is -2.15. The SMILES string of the molecule is Cc1ccc(S(=O)(=O)c2c(C)cc(O)cc2C)c(C)c1O. The van der Waals surface area contributed by atoms with Gasteiger partial charge in [-0.2, -0.15) is 0 Å². The summed E-state index contributed by atoms with van der Waals surface area (Å²) < 4.78 is 25.8. The van der Waals surface area contributed by atoms with Crippen LogP contribution in [-0.4, -0.2) is 18.6 Å². The standard InChI is InChI=1S/C16H18O4S/c1-9-5-6-14(12(4)15(9)18)21(19,20)16-10(2)7-13(17)8-11(16)3/h5-8,17-18H,1-4H3. The molecule has 0 radical (unpaired) electrons. The van der Waals surface area contributed by atoms with Gasteiger partial charge in [0.2, 0.25) is 9.84 Å². The van der Waals surface area contributed by atoms with Crippen LogP contribution in [0.25, 0.3) is 0 Å². The van der Waals surface area contributed by atoms with Gasteiger partial charge in [0.15, 0.2) is 0 Å². The zero-order valence-corrected chi connectivity index (χ0v) is 13.2. The molecule has 0 saturated heterocycles. The first kappa shape index (κ1) is 15.4. The van der Waals surface area contributed by atoms with Crippen LogP contribution >= 0.6 is 0 Å². The summed E-state index contributed by atoms with van der Waals surface area (Å²) in [4.78, 5) is 0.258. The summed E-state index contributed by atoms with van der Waals surface area (Å²) in [6.45, 7) is 6.59. The van der Waals surface area contributed by atoms with Gasteiger partial charge >= 0.3 is 0 Å². The van der Waals surface area contributed by atoms with E-state index in [0.29, 0.717) is 22.3 Å². The van der Waals surface area contributed by atoms with Crippen LogP contribution < -0.4 is 0 Å². The lowest BCUT2D eigenvalue weighted by atomic mass is 10.1. The Morgan fingerprint density at radius 2 is 1.38 bits per heavy atom. The summed E-state index contributed by atoms with van der Waals surface area (Å²) in [5.41, 5.74) is 1.92. The van der Waals surface area contributed by atoms with Crippen molar-refractivity contribution in [1.82, 2.24) is 0 Å². The Morgan fingerprint density at radius 3 is 1.90 bits per heavy atom. The van der Waals surface area contributed by atoms with Gasteiger partial charge in [0, 0.05) is 5.56 Å². The maximum Gasteiger partial charge on any atom is 0.207 e. The van der Waals surface area contributed by atoms with E-state index in [-0.39, 0.29) is 21.3 Å². The lowest BCUT2D eigenvalue weighted by Crippen LogP contribution is -2.08. The van der Waals surface area contributed by atoms with E-state index in [1.165, 1.54) is 18.2 Å². The van der Waals surface area contributed by atoms with E-state index in [9.17, 15) is 18.6 Å². The third-order valence-corrected chi connectivity index (χ3v) is 5.79. The summed E-state index contributed by atoms with van der Waals surface area (Å²) in [7, 11) is -3.76. The monoisotopic (exact) mass is 306 g/mol. The predicted octanol–water partition coefficient (Wildman–Crippen LogP) is 3.16. The van der Waals surface area contributed by atoms with Gasteiger partial charge in [0.05, 0.1) is 9.79 Å². The normalized spacial score (nSPS) is 11.6. The van der Waals surface area contributed by atoms with E-state index < -0.39 is 9.84 Å². The average molecular weight is 306 g/mol. The molecule has 112 valence electrons. The third kappa shape index (κ3) is 2.49. The number of phenols is 2. The Morgan fingerprint density at radius 1 is 0.857 bits per heavy atom. The zero-order valence-electron chi connectivity index (χ0n) is 12.4. The molecular weight excluding hydrogens is 288 g/mol. The second-order valence-electron chi connectivity index (χ2n) is 5.27. The molecule has 4 nitrogen and oxygen atoms in total. The van der Waals surface area contributed by atoms with Gasteiger partial charge in [-0.3, -0.25) is 0 Å². The second kappa shape index (κ2) is 5.07. The molecule has 0 bridgehead atoms. The van der Waals surface area contributed by atoms with E-state index in [1.54, 1.807) is 33.8 Å². The molecule has 0 unspecified atom stereocenters. The molecule has 0 aliphatic heterocycles. The van der Waals surface area contributed by atoms with Crippen molar-refractivity contribution in [2.24, 2.45) is 0 Å². The van der Waals surface area contributed by atoms with Crippen molar-refractivity contribution in [3.63, 3.8) is 0 Å². The minimum atomic E-state index is -3.76. The number of aryl methyl sites for hydroxylation is 3. The third-order valence-electron chi connectivity index (χ3n) is 3.59. The van der Waals surface area contributed by atoms with Gasteiger partial charge in [-0.05, 0) is 62.6 Å². The van der Waals surface area contributed by atoms with Crippen LogP contribution in [0.3, 0.4) is 0 Å². The maximum atomic E-state index is 12.9. The van der Waals surface area contributed by atoms with Crippen molar-refractivity contribution < 1.29 is 18.6 Å². The fourth-order valence-corrected chi connectivity index (χ4v) is 4.50. The highest BCUT2D eigenvalue weighted by atomic mass is 32.2. The van der Waals surface area contributed by atoms with E-state index in [2.05, 4.69) is 0 Å². The summed E-state index contributed by atoms with van der Waals surface area (Å²) in [5, 5.41) is 19.5. The highest BCUT2D eigenvalue weighted by Crippen LogP contribution is 2.35. The van der Waals surface area contributed by atoms with Gasteiger partial charge in [0.25, 0.3) is 0 Å². The second-order valence-corrected chi connectivity index (χ2v) is 7.12. The molecule has 0 aromatic heterocycles. The molecule has 0 saturated carbocycles. The van der Waals surface area contributed by atoms with E-state index in [4.69, 9.17) is 0 Å². The summed E-state index contributed by atoms with van der Waals surface area (Å²) >= 11 is 0. The molecule has 0 aliphatic carbocycles. The Kier molecular flexibility index (Phi) is 3.72. The predicted molar refractivity (Wildman–Crippen MR) is 80.6 cm³/mol.